The molecule has 154 valence electrons. The first-order valence-electron chi connectivity index (χ1n) is 9.81. The van der Waals surface area contributed by atoms with E-state index < -0.39 is 0 Å². The Kier molecular flexibility index (Phi) is 7.58. The minimum atomic E-state index is -0.341. The number of anilines is 2. The second-order valence-corrected chi connectivity index (χ2v) is 6.66. The Morgan fingerprint density at radius 3 is 2.00 bits per heavy atom. The molecule has 3 amide bonds. The molecule has 3 aromatic rings. The highest BCUT2D eigenvalue weighted by molar-refractivity contribution is 6.00. The van der Waals surface area contributed by atoms with Crippen molar-refractivity contribution in [2.75, 3.05) is 17.2 Å². The first-order chi connectivity index (χ1) is 14.6. The molecule has 0 heterocycles. The van der Waals surface area contributed by atoms with Gasteiger partial charge in [-0.15, -0.1) is 0 Å². The van der Waals surface area contributed by atoms with Gasteiger partial charge in [-0.25, -0.2) is 4.79 Å². The summed E-state index contributed by atoms with van der Waals surface area (Å²) < 4.78 is 5.38. The maximum absolute atomic E-state index is 12.4. The fourth-order valence-corrected chi connectivity index (χ4v) is 2.78. The summed E-state index contributed by atoms with van der Waals surface area (Å²) in [6.07, 6.45) is 0. The topological polar surface area (TPSA) is 79.5 Å². The Morgan fingerprint density at radius 2 is 1.37 bits per heavy atom. The Morgan fingerprint density at radius 1 is 0.767 bits per heavy atom. The van der Waals surface area contributed by atoms with E-state index in [9.17, 15) is 9.59 Å². The molecule has 0 spiro atoms. The number of urea groups is 1. The average Bonchev–Trinajstić information content (AvgIpc) is 2.78. The summed E-state index contributed by atoms with van der Waals surface area (Å²) in [5.74, 6) is -0.173. The van der Waals surface area contributed by atoms with Crippen LogP contribution in [0.15, 0.2) is 78.9 Å². The maximum Gasteiger partial charge on any atom is 0.323 e. The number of carbonyl (C=O) groups excluding carboxylic acids is 2. The predicted molar refractivity (Wildman–Crippen MR) is 118 cm³/mol. The van der Waals surface area contributed by atoms with Gasteiger partial charge in [0.25, 0.3) is 5.91 Å². The van der Waals surface area contributed by atoms with E-state index in [0.29, 0.717) is 36.7 Å². The van der Waals surface area contributed by atoms with Gasteiger partial charge in [0.15, 0.2) is 0 Å². The van der Waals surface area contributed by atoms with E-state index in [1.165, 1.54) is 0 Å². The molecular weight excluding hydrogens is 378 g/mol. The second-order valence-electron chi connectivity index (χ2n) is 6.66. The van der Waals surface area contributed by atoms with Crippen LogP contribution >= 0.6 is 0 Å². The van der Waals surface area contributed by atoms with Crippen molar-refractivity contribution in [3.63, 3.8) is 0 Å². The van der Waals surface area contributed by atoms with Crippen molar-refractivity contribution in [1.82, 2.24) is 5.32 Å². The molecule has 0 saturated carbocycles. The fraction of sp³-hybridized carbons (Fsp3) is 0.167. The quantitative estimate of drug-likeness (QED) is 0.506. The van der Waals surface area contributed by atoms with Crippen LogP contribution in [0.5, 0.6) is 0 Å². The standard InChI is InChI=1S/C24H25N3O3/c1-2-30-17-19-10-8-18(9-11-19)16-25-23(28)20-12-14-22(15-13-20)27-24(29)26-21-6-4-3-5-7-21/h3-15H,2,16-17H2,1H3,(H,25,28)(H2,26,27,29). The molecule has 0 bridgehead atoms. The molecule has 0 aliphatic rings. The van der Waals surface area contributed by atoms with Gasteiger partial charge in [0, 0.05) is 30.1 Å². The van der Waals surface area contributed by atoms with Crippen LogP contribution in [0.1, 0.15) is 28.4 Å². The van der Waals surface area contributed by atoms with Crippen LogP contribution in [-0.2, 0) is 17.9 Å². The Hall–Kier alpha value is -3.64. The first-order valence-corrected chi connectivity index (χ1v) is 9.81. The molecule has 3 rings (SSSR count). The predicted octanol–water partition coefficient (Wildman–Crippen LogP) is 4.80. The minimum absolute atomic E-state index is 0.173. The molecule has 6 heteroatoms. The molecule has 30 heavy (non-hydrogen) atoms. The highest BCUT2D eigenvalue weighted by atomic mass is 16.5. The third kappa shape index (κ3) is 6.46. The smallest absolute Gasteiger partial charge is 0.323 e. The molecule has 6 nitrogen and oxygen atoms in total. The lowest BCUT2D eigenvalue weighted by molar-refractivity contribution is 0.0951. The third-order valence-corrected chi connectivity index (χ3v) is 4.39. The minimum Gasteiger partial charge on any atom is -0.377 e. The van der Waals surface area contributed by atoms with Gasteiger partial charge in [0.05, 0.1) is 6.61 Å². The molecule has 0 fully saturated rings. The molecule has 0 atom stereocenters. The SMILES string of the molecule is CCOCc1ccc(CNC(=O)c2ccc(NC(=O)Nc3ccccc3)cc2)cc1. The zero-order valence-electron chi connectivity index (χ0n) is 16.9. The van der Waals surface area contributed by atoms with Crippen molar-refractivity contribution in [3.8, 4) is 0 Å². The number of hydrogen-bond acceptors (Lipinski definition) is 3. The summed E-state index contributed by atoms with van der Waals surface area (Å²) in [5.41, 5.74) is 3.95. The highest BCUT2D eigenvalue weighted by Crippen LogP contribution is 2.12. The van der Waals surface area contributed by atoms with Gasteiger partial charge in [0.2, 0.25) is 0 Å². The van der Waals surface area contributed by atoms with Crippen LogP contribution in [0.2, 0.25) is 0 Å². The monoisotopic (exact) mass is 403 g/mol. The van der Waals surface area contributed by atoms with Gasteiger partial charge >= 0.3 is 6.03 Å². The van der Waals surface area contributed by atoms with E-state index in [0.717, 1.165) is 11.1 Å². The zero-order valence-corrected chi connectivity index (χ0v) is 16.9. The lowest BCUT2D eigenvalue weighted by Gasteiger charge is -2.09. The Bertz CT molecular complexity index is 955. The highest BCUT2D eigenvalue weighted by Gasteiger charge is 2.07. The number of ether oxygens (including phenoxy) is 1. The number of hydrogen-bond donors (Lipinski definition) is 3. The van der Waals surface area contributed by atoms with Gasteiger partial charge in [-0.2, -0.15) is 0 Å². The van der Waals surface area contributed by atoms with E-state index in [-0.39, 0.29) is 11.9 Å². The Labute approximate surface area is 176 Å². The fourth-order valence-electron chi connectivity index (χ4n) is 2.78. The van der Waals surface area contributed by atoms with Crippen molar-refractivity contribution < 1.29 is 14.3 Å². The second kappa shape index (κ2) is 10.8. The molecule has 0 saturated heterocycles. The number of carbonyl (C=O) groups is 2. The van der Waals surface area contributed by atoms with Crippen LogP contribution in [-0.4, -0.2) is 18.5 Å². The lowest BCUT2D eigenvalue weighted by atomic mass is 10.1. The molecule has 0 radical (unpaired) electrons. The molecule has 0 aliphatic carbocycles. The molecule has 0 unspecified atom stereocenters. The summed E-state index contributed by atoms with van der Waals surface area (Å²) >= 11 is 0. The van der Waals surface area contributed by atoms with Crippen LogP contribution in [0.4, 0.5) is 16.2 Å². The summed E-state index contributed by atoms with van der Waals surface area (Å²) in [4.78, 5) is 24.4. The van der Waals surface area contributed by atoms with Gasteiger partial charge < -0.3 is 20.7 Å². The number of amides is 3. The van der Waals surface area contributed by atoms with Crippen molar-refractivity contribution >= 4 is 23.3 Å². The maximum atomic E-state index is 12.4. The van der Waals surface area contributed by atoms with Gasteiger partial charge in [-0.05, 0) is 54.4 Å². The Balaban J connectivity index is 1.48. The number of nitrogens with one attached hydrogen (secondary N) is 3. The van der Waals surface area contributed by atoms with Gasteiger partial charge in [0.1, 0.15) is 0 Å². The molecular formula is C24H25N3O3. The third-order valence-electron chi connectivity index (χ3n) is 4.39. The summed E-state index contributed by atoms with van der Waals surface area (Å²) in [6, 6.07) is 23.5. The summed E-state index contributed by atoms with van der Waals surface area (Å²) in [7, 11) is 0. The molecule has 3 N–H and O–H groups in total. The van der Waals surface area contributed by atoms with Crippen LogP contribution < -0.4 is 16.0 Å². The molecule has 0 aromatic heterocycles. The van der Waals surface area contributed by atoms with Crippen LogP contribution in [0.3, 0.4) is 0 Å². The zero-order chi connectivity index (χ0) is 21.2. The summed E-state index contributed by atoms with van der Waals surface area (Å²) in [6.45, 7) is 3.68. The first kappa shape index (κ1) is 21.1. The van der Waals surface area contributed by atoms with Gasteiger partial charge in [-0.1, -0.05) is 42.5 Å². The van der Waals surface area contributed by atoms with E-state index in [2.05, 4.69) is 16.0 Å². The summed E-state index contributed by atoms with van der Waals surface area (Å²) in [5, 5.41) is 8.39. The number of benzene rings is 3. The number of para-hydroxylation sites is 1. The largest absolute Gasteiger partial charge is 0.377 e. The normalized spacial score (nSPS) is 10.3. The van der Waals surface area contributed by atoms with Crippen LogP contribution in [0.25, 0.3) is 0 Å². The van der Waals surface area contributed by atoms with E-state index in [4.69, 9.17) is 4.74 Å². The van der Waals surface area contributed by atoms with Crippen molar-refractivity contribution in [2.45, 2.75) is 20.1 Å². The van der Waals surface area contributed by atoms with E-state index in [1.54, 1.807) is 36.4 Å². The van der Waals surface area contributed by atoms with Gasteiger partial charge in [-0.3, -0.25) is 4.79 Å². The van der Waals surface area contributed by atoms with E-state index in [1.807, 2.05) is 49.4 Å². The van der Waals surface area contributed by atoms with E-state index >= 15 is 0 Å². The van der Waals surface area contributed by atoms with Crippen molar-refractivity contribution in [1.29, 1.82) is 0 Å². The number of rotatable bonds is 8. The van der Waals surface area contributed by atoms with Crippen molar-refractivity contribution in [2.24, 2.45) is 0 Å². The molecule has 0 aliphatic heterocycles. The van der Waals surface area contributed by atoms with Crippen molar-refractivity contribution in [3.05, 3.63) is 95.6 Å². The average molecular weight is 403 g/mol. The molecule has 3 aromatic carbocycles. The lowest BCUT2D eigenvalue weighted by Crippen LogP contribution is -2.23. The van der Waals surface area contributed by atoms with Crippen LogP contribution in [0, 0.1) is 0 Å².